The molecule has 2 fully saturated rings. The summed E-state index contributed by atoms with van der Waals surface area (Å²) in [6.07, 6.45) is 4.31. The Hall–Kier alpha value is -1.01. The van der Waals surface area contributed by atoms with E-state index >= 15 is 0 Å². The predicted molar refractivity (Wildman–Crippen MR) is 74.3 cm³/mol. The lowest BCUT2D eigenvalue weighted by molar-refractivity contribution is 0.0789. The van der Waals surface area contributed by atoms with Crippen molar-refractivity contribution in [2.24, 2.45) is 5.92 Å². The lowest BCUT2D eigenvalue weighted by Gasteiger charge is -2.24. The van der Waals surface area contributed by atoms with Gasteiger partial charge >= 0.3 is 0 Å². The highest BCUT2D eigenvalue weighted by Crippen LogP contribution is 2.27. The van der Waals surface area contributed by atoms with Crippen LogP contribution < -0.4 is 5.32 Å². The second kappa shape index (κ2) is 5.54. The van der Waals surface area contributed by atoms with Crippen LogP contribution in [0.5, 0.6) is 0 Å². The SMILES string of the molecule is CCCc1nnsc1C(=O)N1CC2CCCNC2C1. The summed E-state index contributed by atoms with van der Waals surface area (Å²) in [6.45, 7) is 4.92. The monoisotopic (exact) mass is 280 g/mol. The molecule has 1 N–H and O–H groups in total. The maximum atomic E-state index is 12.6. The number of hydrogen-bond donors (Lipinski definition) is 1. The van der Waals surface area contributed by atoms with E-state index in [0.29, 0.717) is 12.0 Å². The number of aromatic nitrogens is 2. The van der Waals surface area contributed by atoms with Gasteiger partial charge in [0, 0.05) is 19.1 Å². The van der Waals surface area contributed by atoms with E-state index < -0.39 is 0 Å². The summed E-state index contributed by atoms with van der Waals surface area (Å²) in [7, 11) is 0. The minimum Gasteiger partial charge on any atom is -0.336 e. The van der Waals surface area contributed by atoms with Crippen molar-refractivity contribution in [3.05, 3.63) is 10.6 Å². The Morgan fingerprint density at radius 1 is 1.53 bits per heavy atom. The molecule has 2 atom stereocenters. The average molecular weight is 280 g/mol. The number of hydrogen-bond acceptors (Lipinski definition) is 5. The summed E-state index contributed by atoms with van der Waals surface area (Å²) in [4.78, 5) is 15.3. The summed E-state index contributed by atoms with van der Waals surface area (Å²) in [6, 6.07) is 0.494. The number of carbonyl (C=O) groups excluding carboxylic acids is 1. The lowest BCUT2D eigenvalue weighted by atomic mass is 9.94. The van der Waals surface area contributed by atoms with Crippen LogP contribution >= 0.6 is 11.5 Å². The first-order chi connectivity index (χ1) is 9.29. The summed E-state index contributed by atoms with van der Waals surface area (Å²) >= 11 is 1.25. The normalized spacial score (nSPS) is 26.5. The third-order valence-corrected chi connectivity index (χ3v) is 4.88. The summed E-state index contributed by atoms with van der Waals surface area (Å²) in [5.74, 6) is 0.767. The minimum atomic E-state index is 0.134. The van der Waals surface area contributed by atoms with Gasteiger partial charge in [-0.15, -0.1) is 5.10 Å². The Kier molecular flexibility index (Phi) is 3.79. The van der Waals surface area contributed by atoms with Gasteiger partial charge in [0.2, 0.25) is 0 Å². The minimum absolute atomic E-state index is 0.134. The number of fused-ring (bicyclic) bond motifs is 1. The van der Waals surface area contributed by atoms with E-state index in [0.717, 1.165) is 43.0 Å². The first-order valence-corrected chi connectivity index (χ1v) is 7.90. The number of carbonyl (C=O) groups is 1. The van der Waals surface area contributed by atoms with E-state index in [1.54, 1.807) is 0 Å². The highest BCUT2D eigenvalue weighted by atomic mass is 32.1. The van der Waals surface area contributed by atoms with E-state index in [4.69, 9.17) is 0 Å². The molecule has 0 aliphatic carbocycles. The van der Waals surface area contributed by atoms with E-state index in [-0.39, 0.29) is 5.91 Å². The molecule has 0 aromatic carbocycles. The van der Waals surface area contributed by atoms with Gasteiger partial charge in [0.25, 0.3) is 5.91 Å². The molecule has 2 unspecified atom stereocenters. The smallest absolute Gasteiger partial charge is 0.267 e. The molecule has 2 aliphatic rings. The van der Waals surface area contributed by atoms with Crippen LogP contribution in [0.1, 0.15) is 41.6 Å². The van der Waals surface area contributed by atoms with Crippen molar-refractivity contribution in [3.63, 3.8) is 0 Å². The summed E-state index contributed by atoms with van der Waals surface area (Å²) in [5, 5.41) is 7.62. The topological polar surface area (TPSA) is 58.1 Å². The fourth-order valence-corrected chi connectivity index (χ4v) is 3.80. The number of rotatable bonds is 3. The Balaban J connectivity index is 1.72. The zero-order valence-corrected chi connectivity index (χ0v) is 12.1. The van der Waals surface area contributed by atoms with Crippen LogP contribution in [0.3, 0.4) is 0 Å². The summed E-state index contributed by atoms with van der Waals surface area (Å²) in [5.41, 5.74) is 0.875. The molecule has 104 valence electrons. The van der Waals surface area contributed by atoms with E-state index in [2.05, 4.69) is 21.8 Å². The molecule has 3 heterocycles. The molecule has 2 aliphatic heterocycles. The number of nitrogens with zero attached hydrogens (tertiary/aromatic N) is 3. The van der Waals surface area contributed by atoms with E-state index in [1.807, 2.05) is 4.90 Å². The maximum Gasteiger partial charge on any atom is 0.267 e. The molecule has 3 rings (SSSR count). The number of piperidine rings is 1. The van der Waals surface area contributed by atoms with Crippen LogP contribution in [0.25, 0.3) is 0 Å². The average Bonchev–Trinajstić information content (AvgIpc) is 3.04. The Labute approximate surface area is 117 Å². The van der Waals surface area contributed by atoms with Crippen molar-refractivity contribution in [2.45, 2.75) is 38.6 Å². The van der Waals surface area contributed by atoms with Crippen molar-refractivity contribution in [3.8, 4) is 0 Å². The number of aryl methyl sites for hydroxylation is 1. The largest absolute Gasteiger partial charge is 0.336 e. The second-order valence-corrected chi connectivity index (χ2v) is 6.23. The van der Waals surface area contributed by atoms with Gasteiger partial charge in [-0.2, -0.15) is 0 Å². The molecule has 6 heteroatoms. The van der Waals surface area contributed by atoms with Crippen molar-refractivity contribution >= 4 is 17.4 Å². The predicted octanol–water partition coefficient (Wildman–Crippen LogP) is 1.31. The highest BCUT2D eigenvalue weighted by molar-refractivity contribution is 7.08. The van der Waals surface area contributed by atoms with Gasteiger partial charge in [0.05, 0.1) is 5.69 Å². The first kappa shape index (κ1) is 13.0. The molecule has 5 nitrogen and oxygen atoms in total. The lowest BCUT2D eigenvalue weighted by Crippen LogP contribution is -2.41. The van der Waals surface area contributed by atoms with Crippen LogP contribution in [-0.4, -0.2) is 46.1 Å². The van der Waals surface area contributed by atoms with Gasteiger partial charge in [0.15, 0.2) is 0 Å². The van der Waals surface area contributed by atoms with Gasteiger partial charge in [-0.1, -0.05) is 17.8 Å². The molecule has 0 saturated carbocycles. The van der Waals surface area contributed by atoms with Gasteiger partial charge in [-0.25, -0.2) is 0 Å². The highest BCUT2D eigenvalue weighted by Gasteiger charge is 2.37. The molecule has 0 bridgehead atoms. The van der Waals surface area contributed by atoms with Crippen LogP contribution in [-0.2, 0) is 6.42 Å². The van der Waals surface area contributed by atoms with Crippen molar-refractivity contribution < 1.29 is 4.79 Å². The molecule has 0 spiro atoms. The van der Waals surface area contributed by atoms with Crippen LogP contribution in [0.2, 0.25) is 0 Å². The van der Waals surface area contributed by atoms with Gasteiger partial charge in [-0.05, 0) is 43.3 Å². The second-order valence-electron chi connectivity index (χ2n) is 5.47. The molecule has 1 aromatic rings. The molecule has 2 saturated heterocycles. The molecule has 19 heavy (non-hydrogen) atoms. The number of nitrogens with one attached hydrogen (secondary N) is 1. The van der Waals surface area contributed by atoms with E-state index in [9.17, 15) is 4.79 Å². The van der Waals surface area contributed by atoms with Crippen molar-refractivity contribution in [2.75, 3.05) is 19.6 Å². The zero-order chi connectivity index (χ0) is 13.2. The van der Waals surface area contributed by atoms with Crippen LogP contribution in [0.15, 0.2) is 0 Å². The fraction of sp³-hybridized carbons (Fsp3) is 0.769. The van der Waals surface area contributed by atoms with E-state index in [1.165, 1.54) is 24.4 Å². The number of likely N-dealkylation sites (tertiary alicyclic amines) is 1. The molecular weight excluding hydrogens is 260 g/mol. The standard InChI is InChI=1S/C13H20N4OS/c1-2-4-10-12(19-16-15-10)13(18)17-7-9-5-3-6-14-11(9)8-17/h9,11,14H,2-8H2,1H3. The quantitative estimate of drug-likeness (QED) is 0.907. The molecular formula is C13H20N4OS. The third-order valence-electron chi connectivity index (χ3n) is 4.12. The number of amides is 1. The molecule has 1 aromatic heterocycles. The Morgan fingerprint density at radius 2 is 2.42 bits per heavy atom. The van der Waals surface area contributed by atoms with Gasteiger partial charge < -0.3 is 10.2 Å². The van der Waals surface area contributed by atoms with Crippen LogP contribution in [0.4, 0.5) is 0 Å². The van der Waals surface area contributed by atoms with Gasteiger partial charge in [0.1, 0.15) is 4.88 Å². The Bertz CT molecular complexity index is 447. The van der Waals surface area contributed by atoms with Crippen molar-refractivity contribution in [1.82, 2.24) is 19.8 Å². The van der Waals surface area contributed by atoms with Crippen LogP contribution in [0, 0.1) is 5.92 Å². The first-order valence-electron chi connectivity index (χ1n) is 7.13. The Morgan fingerprint density at radius 3 is 3.21 bits per heavy atom. The van der Waals surface area contributed by atoms with Crippen molar-refractivity contribution in [1.29, 1.82) is 0 Å². The third kappa shape index (κ3) is 2.51. The fourth-order valence-electron chi connectivity index (χ4n) is 3.13. The zero-order valence-electron chi connectivity index (χ0n) is 11.3. The molecule has 0 radical (unpaired) electrons. The summed E-state index contributed by atoms with van der Waals surface area (Å²) < 4.78 is 3.95. The van der Waals surface area contributed by atoms with Gasteiger partial charge in [-0.3, -0.25) is 4.79 Å². The molecule has 1 amide bonds. The maximum absolute atomic E-state index is 12.6.